The Morgan fingerprint density at radius 1 is 1.63 bits per heavy atom. The number of pyridine rings is 1. The van der Waals surface area contributed by atoms with Gasteiger partial charge in [-0.2, -0.15) is 0 Å². The average molecular weight is 283 g/mol. The molecular weight excluding hydrogens is 264 g/mol. The highest BCUT2D eigenvalue weighted by atomic mass is 35.5. The van der Waals surface area contributed by atoms with Gasteiger partial charge in [-0.05, 0) is 32.0 Å². The monoisotopic (exact) mass is 282 g/mol. The Labute approximate surface area is 118 Å². The summed E-state index contributed by atoms with van der Waals surface area (Å²) in [6.07, 6.45) is 2.35. The Hall–Kier alpha value is -1.33. The van der Waals surface area contributed by atoms with Gasteiger partial charge in [0.1, 0.15) is 5.82 Å². The molecule has 1 saturated heterocycles. The maximum Gasteiger partial charge on any atom is 0.253 e. The molecule has 0 spiro atoms. The van der Waals surface area contributed by atoms with Crippen molar-refractivity contribution >= 4 is 23.3 Å². The van der Waals surface area contributed by atoms with Gasteiger partial charge in [0.15, 0.2) is 0 Å². The molecule has 0 bridgehead atoms. The minimum absolute atomic E-state index is 0.175. The molecule has 0 aliphatic carbocycles. The molecule has 6 heteroatoms. The van der Waals surface area contributed by atoms with Crippen LogP contribution in [0.3, 0.4) is 0 Å². The fraction of sp³-hybridized carbons (Fsp3) is 0.538. The molecule has 1 aromatic heterocycles. The van der Waals surface area contributed by atoms with Crippen LogP contribution in [0.4, 0.5) is 5.82 Å². The fourth-order valence-corrected chi connectivity index (χ4v) is 2.63. The summed E-state index contributed by atoms with van der Waals surface area (Å²) in [6, 6.07) is 1.69. The normalized spacial score (nSPS) is 24.2. The second-order valence-corrected chi connectivity index (χ2v) is 5.60. The molecule has 2 unspecified atom stereocenters. The number of aromatic nitrogens is 1. The van der Waals surface area contributed by atoms with Crippen molar-refractivity contribution in [2.45, 2.75) is 19.4 Å². The lowest BCUT2D eigenvalue weighted by Gasteiger charge is -2.35. The molecule has 0 radical (unpaired) electrons. The number of anilines is 1. The van der Waals surface area contributed by atoms with Gasteiger partial charge in [0, 0.05) is 18.8 Å². The molecular formula is C13H19ClN4O. The number of carbonyl (C=O) groups excluding carboxylic acids is 1. The first kappa shape index (κ1) is 14.1. The molecule has 0 aromatic carbocycles. The average Bonchev–Trinajstić information content (AvgIpc) is 2.35. The van der Waals surface area contributed by atoms with E-state index < -0.39 is 0 Å². The summed E-state index contributed by atoms with van der Waals surface area (Å²) < 4.78 is 0. The lowest BCUT2D eigenvalue weighted by atomic mass is 9.94. The number of nitrogens with one attached hydrogen (secondary N) is 1. The minimum Gasteiger partial charge on any atom is -0.384 e. The van der Waals surface area contributed by atoms with Crippen LogP contribution >= 0.6 is 11.6 Å². The molecule has 19 heavy (non-hydrogen) atoms. The SMILES string of the molecule is CC1CN(C)CCC1NC(=O)c1cc(N)ncc1Cl. The summed E-state index contributed by atoms with van der Waals surface area (Å²) in [5.74, 6) is 0.534. The first-order chi connectivity index (χ1) is 8.97. The van der Waals surface area contributed by atoms with E-state index in [-0.39, 0.29) is 11.9 Å². The van der Waals surface area contributed by atoms with Crippen molar-refractivity contribution in [3.63, 3.8) is 0 Å². The van der Waals surface area contributed by atoms with Gasteiger partial charge in [-0.3, -0.25) is 4.79 Å². The summed E-state index contributed by atoms with van der Waals surface area (Å²) in [4.78, 5) is 18.3. The van der Waals surface area contributed by atoms with Gasteiger partial charge in [0.2, 0.25) is 0 Å². The number of hydrogen-bond acceptors (Lipinski definition) is 4. The molecule has 1 aliphatic heterocycles. The number of amides is 1. The number of nitrogen functional groups attached to an aromatic ring is 1. The summed E-state index contributed by atoms with van der Waals surface area (Å²) in [5, 5.41) is 3.37. The van der Waals surface area contributed by atoms with Crippen molar-refractivity contribution in [2.75, 3.05) is 25.9 Å². The number of hydrogen-bond donors (Lipinski definition) is 2. The summed E-state index contributed by atoms with van der Waals surface area (Å²) >= 11 is 5.98. The smallest absolute Gasteiger partial charge is 0.253 e. The summed E-state index contributed by atoms with van der Waals surface area (Å²) in [7, 11) is 2.09. The zero-order valence-corrected chi connectivity index (χ0v) is 11.9. The van der Waals surface area contributed by atoms with Crippen LogP contribution in [0.1, 0.15) is 23.7 Å². The lowest BCUT2D eigenvalue weighted by Crippen LogP contribution is -2.48. The molecule has 1 aromatic rings. The van der Waals surface area contributed by atoms with E-state index in [9.17, 15) is 4.79 Å². The standard InChI is InChI=1S/C13H19ClN4O/c1-8-7-18(2)4-3-11(8)17-13(19)9-5-12(15)16-6-10(9)14/h5-6,8,11H,3-4,7H2,1-2H3,(H2,15,16)(H,17,19). The lowest BCUT2D eigenvalue weighted by molar-refractivity contribution is 0.0884. The van der Waals surface area contributed by atoms with E-state index >= 15 is 0 Å². The molecule has 2 atom stereocenters. The highest BCUT2D eigenvalue weighted by Crippen LogP contribution is 2.19. The van der Waals surface area contributed by atoms with Crippen molar-refractivity contribution in [3.8, 4) is 0 Å². The molecule has 5 nitrogen and oxygen atoms in total. The van der Waals surface area contributed by atoms with Crippen molar-refractivity contribution in [1.82, 2.24) is 15.2 Å². The predicted molar refractivity (Wildman–Crippen MR) is 76.2 cm³/mol. The van der Waals surface area contributed by atoms with Crippen LogP contribution in [0, 0.1) is 5.92 Å². The highest BCUT2D eigenvalue weighted by molar-refractivity contribution is 6.33. The van der Waals surface area contributed by atoms with Crippen molar-refractivity contribution in [2.24, 2.45) is 5.92 Å². The maximum absolute atomic E-state index is 12.2. The van der Waals surface area contributed by atoms with Gasteiger partial charge in [-0.1, -0.05) is 18.5 Å². The summed E-state index contributed by atoms with van der Waals surface area (Å²) in [5.41, 5.74) is 5.98. The molecule has 3 N–H and O–H groups in total. The van der Waals surface area contributed by atoms with E-state index in [1.165, 1.54) is 12.3 Å². The van der Waals surface area contributed by atoms with Crippen LogP contribution < -0.4 is 11.1 Å². The van der Waals surface area contributed by atoms with E-state index in [0.717, 1.165) is 19.5 Å². The quantitative estimate of drug-likeness (QED) is 0.860. The molecule has 1 aliphatic rings. The molecule has 2 heterocycles. The van der Waals surface area contributed by atoms with Gasteiger partial charge in [0.05, 0.1) is 10.6 Å². The van der Waals surface area contributed by atoms with Crippen LogP contribution in [-0.2, 0) is 0 Å². The summed E-state index contributed by atoms with van der Waals surface area (Å²) in [6.45, 7) is 4.11. The van der Waals surface area contributed by atoms with E-state index in [4.69, 9.17) is 17.3 Å². The van der Waals surface area contributed by atoms with E-state index in [1.54, 1.807) is 0 Å². The molecule has 0 saturated carbocycles. The molecule has 1 amide bonds. The van der Waals surface area contributed by atoms with Crippen LogP contribution in [0.25, 0.3) is 0 Å². The first-order valence-corrected chi connectivity index (χ1v) is 6.75. The second-order valence-electron chi connectivity index (χ2n) is 5.20. The van der Waals surface area contributed by atoms with E-state index in [2.05, 4.69) is 29.2 Å². The molecule has 2 rings (SSSR count). The third-order valence-electron chi connectivity index (χ3n) is 3.55. The highest BCUT2D eigenvalue weighted by Gasteiger charge is 2.26. The van der Waals surface area contributed by atoms with Gasteiger partial charge < -0.3 is 16.0 Å². The van der Waals surface area contributed by atoms with E-state index in [0.29, 0.717) is 22.3 Å². The number of halogens is 1. The number of nitrogens with zero attached hydrogens (tertiary/aromatic N) is 2. The Morgan fingerprint density at radius 3 is 3.05 bits per heavy atom. The van der Waals surface area contributed by atoms with Crippen LogP contribution in [-0.4, -0.2) is 42.0 Å². The Kier molecular flexibility index (Phi) is 4.27. The number of carbonyl (C=O) groups is 1. The van der Waals surface area contributed by atoms with Gasteiger partial charge in [0.25, 0.3) is 5.91 Å². The van der Waals surface area contributed by atoms with Crippen LogP contribution in [0.2, 0.25) is 5.02 Å². The Morgan fingerprint density at radius 2 is 2.37 bits per heavy atom. The largest absolute Gasteiger partial charge is 0.384 e. The van der Waals surface area contributed by atoms with E-state index in [1.807, 2.05) is 0 Å². The number of rotatable bonds is 2. The van der Waals surface area contributed by atoms with Crippen molar-refractivity contribution in [1.29, 1.82) is 0 Å². The topological polar surface area (TPSA) is 71.2 Å². The van der Waals surface area contributed by atoms with Crippen molar-refractivity contribution < 1.29 is 4.79 Å². The van der Waals surface area contributed by atoms with Crippen LogP contribution in [0.15, 0.2) is 12.3 Å². The number of nitrogens with two attached hydrogens (primary N) is 1. The molecule has 1 fully saturated rings. The predicted octanol–water partition coefficient (Wildman–Crippen LogP) is 1.39. The third-order valence-corrected chi connectivity index (χ3v) is 3.85. The number of piperidine rings is 1. The van der Waals surface area contributed by atoms with Crippen molar-refractivity contribution in [3.05, 3.63) is 22.8 Å². The fourth-order valence-electron chi connectivity index (χ4n) is 2.44. The second kappa shape index (κ2) is 5.75. The molecule has 104 valence electrons. The van der Waals surface area contributed by atoms with Crippen LogP contribution in [0.5, 0.6) is 0 Å². The van der Waals surface area contributed by atoms with Gasteiger partial charge >= 0.3 is 0 Å². The zero-order chi connectivity index (χ0) is 14.0. The maximum atomic E-state index is 12.2. The number of likely N-dealkylation sites (tertiary alicyclic amines) is 1. The Bertz CT molecular complexity index is 480. The minimum atomic E-state index is -0.180. The first-order valence-electron chi connectivity index (χ1n) is 6.38. The Balaban J connectivity index is 2.06. The third kappa shape index (κ3) is 3.36. The zero-order valence-electron chi connectivity index (χ0n) is 11.2. The van der Waals surface area contributed by atoms with Gasteiger partial charge in [-0.25, -0.2) is 4.98 Å². The van der Waals surface area contributed by atoms with Gasteiger partial charge in [-0.15, -0.1) is 0 Å².